The van der Waals surface area contributed by atoms with Gasteiger partial charge in [-0.05, 0) is 48.9 Å². The van der Waals surface area contributed by atoms with Crippen molar-refractivity contribution in [3.8, 4) is 0 Å². The van der Waals surface area contributed by atoms with Crippen molar-refractivity contribution >= 4 is 0 Å². The van der Waals surface area contributed by atoms with Crippen molar-refractivity contribution in [2.45, 2.75) is 52.0 Å². The van der Waals surface area contributed by atoms with Gasteiger partial charge >= 0.3 is 0 Å². The summed E-state index contributed by atoms with van der Waals surface area (Å²) < 4.78 is 0. The van der Waals surface area contributed by atoms with Crippen molar-refractivity contribution in [1.29, 1.82) is 0 Å². The van der Waals surface area contributed by atoms with Crippen LogP contribution in [-0.4, -0.2) is 6.54 Å². The first kappa shape index (κ1) is 11.7. The molecular formula is C15H23N. The largest absolute Gasteiger partial charge is 0.310 e. The monoisotopic (exact) mass is 217 g/mol. The zero-order valence-electron chi connectivity index (χ0n) is 10.6. The molecule has 1 atom stereocenters. The Bertz CT molecular complexity index is 315. The summed E-state index contributed by atoms with van der Waals surface area (Å²) in [7, 11) is 0. The van der Waals surface area contributed by atoms with Gasteiger partial charge in [-0.2, -0.15) is 0 Å². The van der Waals surface area contributed by atoms with E-state index in [4.69, 9.17) is 0 Å². The van der Waals surface area contributed by atoms with Crippen LogP contribution in [0.2, 0.25) is 0 Å². The van der Waals surface area contributed by atoms with Crippen molar-refractivity contribution in [3.63, 3.8) is 0 Å². The molecule has 1 N–H and O–H groups in total. The van der Waals surface area contributed by atoms with E-state index in [1.807, 2.05) is 0 Å². The van der Waals surface area contributed by atoms with Gasteiger partial charge in [-0.1, -0.05) is 38.5 Å². The molecule has 0 saturated carbocycles. The maximum Gasteiger partial charge on any atom is 0.0325 e. The summed E-state index contributed by atoms with van der Waals surface area (Å²) in [4.78, 5) is 0. The zero-order chi connectivity index (χ0) is 11.4. The second-order valence-electron chi connectivity index (χ2n) is 4.70. The minimum Gasteiger partial charge on any atom is -0.310 e. The van der Waals surface area contributed by atoms with E-state index in [0.717, 1.165) is 12.8 Å². The van der Waals surface area contributed by atoms with Crippen molar-refractivity contribution in [2.24, 2.45) is 0 Å². The molecular weight excluding hydrogens is 194 g/mol. The van der Waals surface area contributed by atoms with Crippen LogP contribution in [0.3, 0.4) is 0 Å². The van der Waals surface area contributed by atoms with Gasteiger partial charge in [0.15, 0.2) is 0 Å². The van der Waals surface area contributed by atoms with Crippen LogP contribution < -0.4 is 5.32 Å². The molecule has 88 valence electrons. The quantitative estimate of drug-likeness (QED) is 0.815. The first-order valence-corrected chi connectivity index (χ1v) is 6.70. The van der Waals surface area contributed by atoms with E-state index in [9.17, 15) is 0 Å². The van der Waals surface area contributed by atoms with Gasteiger partial charge in [-0.3, -0.25) is 0 Å². The minimum absolute atomic E-state index is 0.611. The Hall–Kier alpha value is -0.820. The molecule has 16 heavy (non-hydrogen) atoms. The molecule has 1 aliphatic rings. The summed E-state index contributed by atoms with van der Waals surface area (Å²) in [6, 6.07) is 7.42. The topological polar surface area (TPSA) is 12.0 Å². The highest BCUT2D eigenvalue weighted by Gasteiger charge is 2.19. The van der Waals surface area contributed by atoms with Crippen LogP contribution in [0, 0.1) is 0 Å². The Labute approximate surface area is 99.3 Å². The summed E-state index contributed by atoms with van der Waals surface area (Å²) in [5, 5.41) is 3.68. The van der Waals surface area contributed by atoms with E-state index in [0.29, 0.717) is 6.04 Å². The van der Waals surface area contributed by atoms with Crippen LogP contribution in [-0.2, 0) is 12.8 Å². The van der Waals surface area contributed by atoms with Gasteiger partial charge in [0.1, 0.15) is 0 Å². The number of hydrogen-bond donors (Lipinski definition) is 1. The Morgan fingerprint density at radius 2 is 1.81 bits per heavy atom. The van der Waals surface area contributed by atoms with Crippen molar-refractivity contribution in [3.05, 3.63) is 34.9 Å². The smallest absolute Gasteiger partial charge is 0.0325 e. The molecule has 0 aromatic heterocycles. The Morgan fingerprint density at radius 1 is 1.12 bits per heavy atom. The lowest BCUT2D eigenvalue weighted by Gasteiger charge is -2.28. The van der Waals surface area contributed by atoms with Gasteiger partial charge in [-0.15, -0.1) is 0 Å². The van der Waals surface area contributed by atoms with Gasteiger partial charge in [0.05, 0.1) is 0 Å². The maximum atomic E-state index is 3.68. The molecule has 0 aliphatic carbocycles. The molecule has 0 bridgehead atoms. The predicted octanol–water partition coefficient (Wildman–Crippen LogP) is 3.63. The normalized spacial score (nSPS) is 21.0. The second-order valence-corrected chi connectivity index (χ2v) is 4.70. The maximum absolute atomic E-state index is 3.68. The number of rotatable bonds is 3. The average Bonchev–Trinajstić information content (AvgIpc) is 2.38. The third kappa shape index (κ3) is 2.30. The Kier molecular flexibility index (Phi) is 4.00. The molecule has 1 aromatic carbocycles. The number of benzene rings is 1. The number of nitrogens with one attached hydrogen (secondary N) is 1. The van der Waals surface area contributed by atoms with Crippen LogP contribution in [0.4, 0.5) is 0 Å². The van der Waals surface area contributed by atoms with E-state index in [-0.39, 0.29) is 0 Å². The predicted molar refractivity (Wildman–Crippen MR) is 69.8 cm³/mol. The molecule has 0 spiro atoms. The summed E-state index contributed by atoms with van der Waals surface area (Å²) >= 11 is 0. The lowest BCUT2D eigenvalue weighted by atomic mass is 9.88. The Morgan fingerprint density at radius 3 is 2.31 bits per heavy atom. The fraction of sp³-hybridized carbons (Fsp3) is 0.600. The SMILES string of the molecule is CCc1cccc(CC)c1C1CCCCN1. The fourth-order valence-corrected chi connectivity index (χ4v) is 2.83. The Balaban J connectivity index is 2.34. The van der Waals surface area contributed by atoms with Crippen molar-refractivity contribution in [2.75, 3.05) is 6.54 Å². The molecule has 1 aliphatic heterocycles. The van der Waals surface area contributed by atoms with Gasteiger partial charge in [-0.25, -0.2) is 0 Å². The van der Waals surface area contributed by atoms with Crippen LogP contribution in [0.5, 0.6) is 0 Å². The third-order valence-electron chi connectivity index (χ3n) is 3.71. The van der Waals surface area contributed by atoms with Gasteiger partial charge in [0.25, 0.3) is 0 Å². The molecule has 1 aromatic rings. The highest BCUT2D eigenvalue weighted by atomic mass is 14.9. The zero-order valence-corrected chi connectivity index (χ0v) is 10.6. The van der Waals surface area contributed by atoms with E-state index in [1.54, 1.807) is 16.7 Å². The number of hydrogen-bond acceptors (Lipinski definition) is 1. The summed E-state index contributed by atoms with van der Waals surface area (Å²) in [6.07, 6.45) is 6.33. The molecule has 1 unspecified atom stereocenters. The third-order valence-corrected chi connectivity index (χ3v) is 3.71. The molecule has 0 radical (unpaired) electrons. The molecule has 1 saturated heterocycles. The van der Waals surface area contributed by atoms with Crippen LogP contribution >= 0.6 is 0 Å². The molecule has 0 amide bonds. The van der Waals surface area contributed by atoms with Gasteiger partial charge in [0.2, 0.25) is 0 Å². The van der Waals surface area contributed by atoms with Crippen molar-refractivity contribution < 1.29 is 0 Å². The average molecular weight is 217 g/mol. The van der Waals surface area contributed by atoms with Crippen LogP contribution in [0.25, 0.3) is 0 Å². The summed E-state index contributed by atoms with van der Waals surface area (Å²) in [5.41, 5.74) is 4.68. The first-order chi connectivity index (χ1) is 7.86. The van der Waals surface area contributed by atoms with Crippen LogP contribution in [0.1, 0.15) is 55.8 Å². The van der Waals surface area contributed by atoms with E-state index >= 15 is 0 Å². The molecule has 1 heterocycles. The van der Waals surface area contributed by atoms with Gasteiger partial charge in [0, 0.05) is 6.04 Å². The van der Waals surface area contributed by atoms with E-state index in [2.05, 4.69) is 37.4 Å². The lowest BCUT2D eigenvalue weighted by Crippen LogP contribution is -2.28. The van der Waals surface area contributed by atoms with Crippen LogP contribution in [0.15, 0.2) is 18.2 Å². The molecule has 1 nitrogen and oxygen atoms in total. The summed E-state index contributed by atoms with van der Waals surface area (Å²) in [5.74, 6) is 0. The van der Waals surface area contributed by atoms with E-state index in [1.165, 1.54) is 25.8 Å². The van der Waals surface area contributed by atoms with Crippen molar-refractivity contribution in [1.82, 2.24) is 5.32 Å². The first-order valence-electron chi connectivity index (χ1n) is 6.70. The highest BCUT2D eigenvalue weighted by Crippen LogP contribution is 2.29. The lowest BCUT2D eigenvalue weighted by molar-refractivity contribution is 0.408. The highest BCUT2D eigenvalue weighted by molar-refractivity contribution is 5.38. The minimum atomic E-state index is 0.611. The standard InChI is InChI=1S/C15H23N/c1-3-12-8-7-9-13(4-2)15(12)14-10-5-6-11-16-14/h7-9,14,16H,3-6,10-11H2,1-2H3. The molecule has 1 fully saturated rings. The van der Waals surface area contributed by atoms with Gasteiger partial charge < -0.3 is 5.32 Å². The number of aryl methyl sites for hydroxylation is 2. The molecule has 2 rings (SSSR count). The second kappa shape index (κ2) is 5.49. The fourth-order valence-electron chi connectivity index (χ4n) is 2.83. The van der Waals surface area contributed by atoms with E-state index < -0.39 is 0 Å². The molecule has 1 heteroatoms. The number of piperidine rings is 1. The summed E-state index contributed by atoms with van der Waals surface area (Å²) in [6.45, 7) is 5.72.